The van der Waals surface area contributed by atoms with Crippen molar-refractivity contribution in [3.63, 3.8) is 0 Å². The van der Waals surface area contributed by atoms with Crippen molar-refractivity contribution in [2.24, 2.45) is 5.41 Å². The van der Waals surface area contributed by atoms with E-state index in [-0.39, 0.29) is 6.42 Å². The SMILES string of the molecule is CC.FC1(F)C[C@]12CCCNC2. The summed E-state index contributed by atoms with van der Waals surface area (Å²) < 4.78 is 25.3. The molecule has 2 rings (SSSR count). The molecule has 0 bridgehead atoms. The molecule has 0 aromatic heterocycles. The second-order valence-electron chi connectivity index (χ2n) is 3.44. The number of alkyl halides is 2. The predicted molar refractivity (Wildman–Crippen MR) is 45.4 cm³/mol. The maximum absolute atomic E-state index is 12.6. The van der Waals surface area contributed by atoms with Gasteiger partial charge in [0.15, 0.2) is 0 Å². The summed E-state index contributed by atoms with van der Waals surface area (Å²) in [7, 11) is 0. The Morgan fingerprint density at radius 1 is 1.25 bits per heavy atom. The predicted octanol–water partition coefficient (Wildman–Crippen LogP) is 2.42. The van der Waals surface area contributed by atoms with E-state index in [1.54, 1.807) is 0 Å². The van der Waals surface area contributed by atoms with Crippen LogP contribution in [0.1, 0.15) is 33.1 Å². The molecular formula is C9H17F2N. The number of halogens is 2. The molecule has 0 aromatic carbocycles. The quantitative estimate of drug-likeness (QED) is 0.599. The summed E-state index contributed by atoms with van der Waals surface area (Å²) in [5, 5.41) is 3.01. The number of hydrogen-bond donors (Lipinski definition) is 1. The van der Waals surface area contributed by atoms with Crippen LogP contribution in [-0.2, 0) is 0 Å². The topological polar surface area (TPSA) is 12.0 Å². The zero-order chi connectivity index (χ0) is 9.24. The molecule has 1 atom stereocenters. The lowest BCUT2D eigenvalue weighted by Crippen LogP contribution is -2.34. The molecule has 1 aliphatic carbocycles. The van der Waals surface area contributed by atoms with E-state index in [1.807, 2.05) is 13.8 Å². The van der Waals surface area contributed by atoms with Crippen LogP contribution in [0.2, 0.25) is 0 Å². The van der Waals surface area contributed by atoms with Gasteiger partial charge in [0.2, 0.25) is 0 Å². The van der Waals surface area contributed by atoms with E-state index in [2.05, 4.69) is 5.32 Å². The molecule has 0 unspecified atom stereocenters. The van der Waals surface area contributed by atoms with Gasteiger partial charge in [-0.05, 0) is 19.4 Å². The normalized spacial score (nSPS) is 37.0. The molecule has 1 saturated heterocycles. The van der Waals surface area contributed by atoms with Crippen molar-refractivity contribution < 1.29 is 8.78 Å². The highest BCUT2D eigenvalue weighted by Crippen LogP contribution is 2.63. The molecule has 2 fully saturated rings. The van der Waals surface area contributed by atoms with Gasteiger partial charge in [-0.1, -0.05) is 13.8 Å². The number of rotatable bonds is 0. The van der Waals surface area contributed by atoms with Crippen LogP contribution in [0, 0.1) is 5.41 Å². The Morgan fingerprint density at radius 3 is 2.08 bits per heavy atom. The Kier molecular flexibility index (Phi) is 2.71. The Balaban J connectivity index is 0.000000336. The van der Waals surface area contributed by atoms with Gasteiger partial charge >= 0.3 is 0 Å². The second-order valence-corrected chi connectivity index (χ2v) is 3.44. The van der Waals surface area contributed by atoms with Gasteiger partial charge < -0.3 is 5.32 Å². The minimum absolute atomic E-state index is 0.118. The van der Waals surface area contributed by atoms with E-state index in [9.17, 15) is 8.78 Å². The molecule has 1 spiro atoms. The van der Waals surface area contributed by atoms with E-state index < -0.39 is 11.3 Å². The van der Waals surface area contributed by atoms with Gasteiger partial charge in [-0.25, -0.2) is 8.78 Å². The zero-order valence-electron chi connectivity index (χ0n) is 7.79. The fourth-order valence-electron chi connectivity index (χ4n) is 1.81. The molecule has 72 valence electrons. The molecule has 1 saturated carbocycles. The molecule has 0 aromatic rings. The standard InChI is InChI=1S/C7H11F2N.C2H6/c8-7(9)4-6(7)2-1-3-10-5-6;1-2/h10H,1-5H2;1-2H3/t6-;/m0./s1. The smallest absolute Gasteiger partial charge is 0.255 e. The average molecular weight is 177 g/mol. The summed E-state index contributed by atoms with van der Waals surface area (Å²) in [5.74, 6) is -2.35. The summed E-state index contributed by atoms with van der Waals surface area (Å²) >= 11 is 0. The van der Waals surface area contributed by atoms with Crippen LogP contribution in [0.5, 0.6) is 0 Å². The van der Waals surface area contributed by atoms with E-state index >= 15 is 0 Å². The zero-order valence-corrected chi connectivity index (χ0v) is 7.79. The molecule has 1 heterocycles. The number of hydrogen-bond acceptors (Lipinski definition) is 1. The minimum Gasteiger partial charge on any atom is -0.316 e. The van der Waals surface area contributed by atoms with E-state index in [4.69, 9.17) is 0 Å². The Bertz CT molecular complexity index is 151. The van der Waals surface area contributed by atoms with Crippen LogP contribution in [0.15, 0.2) is 0 Å². The van der Waals surface area contributed by atoms with Crippen molar-refractivity contribution in [3.05, 3.63) is 0 Å². The fourth-order valence-corrected chi connectivity index (χ4v) is 1.81. The lowest BCUT2D eigenvalue weighted by molar-refractivity contribution is 0.0536. The Labute approximate surface area is 72.5 Å². The summed E-state index contributed by atoms with van der Waals surface area (Å²) in [5.41, 5.74) is -0.620. The summed E-state index contributed by atoms with van der Waals surface area (Å²) in [6.07, 6.45) is 1.75. The minimum atomic E-state index is -2.35. The van der Waals surface area contributed by atoms with Crippen molar-refractivity contribution in [1.29, 1.82) is 0 Å². The fraction of sp³-hybridized carbons (Fsp3) is 1.00. The molecule has 1 N–H and O–H groups in total. The van der Waals surface area contributed by atoms with E-state index in [1.165, 1.54) is 0 Å². The molecule has 1 aliphatic heterocycles. The van der Waals surface area contributed by atoms with Crippen LogP contribution in [0.3, 0.4) is 0 Å². The van der Waals surface area contributed by atoms with Crippen LogP contribution in [0.25, 0.3) is 0 Å². The maximum Gasteiger partial charge on any atom is 0.255 e. The lowest BCUT2D eigenvalue weighted by atomic mass is 9.96. The van der Waals surface area contributed by atoms with Crippen molar-refractivity contribution >= 4 is 0 Å². The number of piperidine rings is 1. The maximum atomic E-state index is 12.6. The average Bonchev–Trinajstić information content (AvgIpc) is 2.58. The molecule has 12 heavy (non-hydrogen) atoms. The third-order valence-corrected chi connectivity index (χ3v) is 2.68. The third-order valence-electron chi connectivity index (χ3n) is 2.68. The van der Waals surface area contributed by atoms with Gasteiger partial charge in [-0.3, -0.25) is 0 Å². The van der Waals surface area contributed by atoms with Crippen LogP contribution >= 0.6 is 0 Å². The van der Waals surface area contributed by atoms with Gasteiger partial charge in [0.05, 0.1) is 5.41 Å². The highest BCUT2D eigenvalue weighted by molar-refractivity contribution is 5.12. The van der Waals surface area contributed by atoms with Crippen molar-refractivity contribution in [3.8, 4) is 0 Å². The van der Waals surface area contributed by atoms with Gasteiger partial charge in [0.1, 0.15) is 0 Å². The first kappa shape index (κ1) is 9.90. The van der Waals surface area contributed by atoms with E-state index in [0.717, 1.165) is 13.0 Å². The molecular weight excluding hydrogens is 160 g/mol. The summed E-state index contributed by atoms with van der Waals surface area (Å²) in [6.45, 7) is 5.44. The van der Waals surface area contributed by atoms with Gasteiger partial charge in [0, 0.05) is 13.0 Å². The van der Waals surface area contributed by atoms with E-state index in [0.29, 0.717) is 13.0 Å². The molecule has 0 amide bonds. The monoisotopic (exact) mass is 177 g/mol. The molecule has 3 heteroatoms. The lowest BCUT2D eigenvalue weighted by Gasteiger charge is -2.22. The van der Waals surface area contributed by atoms with Crippen molar-refractivity contribution in [1.82, 2.24) is 5.32 Å². The molecule has 2 aliphatic rings. The third kappa shape index (κ3) is 1.47. The summed E-state index contributed by atoms with van der Waals surface area (Å²) in [4.78, 5) is 0. The second kappa shape index (κ2) is 3.29. The first-order valence-corrected chi connectivity index (χ1v) is 4.75. The summed E-state index contributed by atoms with van der Waals surface area (Å²) in [6, 6.07) is 0. The number of nitrogens with one attached hydrogen (secondary N) is 1. The first-order valence-electron chi connectivity index (χ1n) is 4.75. The van der Waals surface area contributed by atoms with Crippen LogP contribution < -0.4 is 5.32 Å². The van der Waals surface area contributed by atoms with Crippen LogP contribution in [0.4, 0.5) is 8.78 Å². The van der Waals surface area contributed by atoms with Crippen LogP contribution in [-0.4, -0.2) is 19.0 Å². The largest absolute Gasteiger partial charge is 0.316 e. The Hall–Kier alpha value is -0.180. The highest BCUT2D eigenvalue weighted by atomic mass is 19.3. The van der Waals surface area contributed by atoms with Crippen molar-refractivity contribution in [2.45, 2.75) is 39.0 Å². The first-order chi connectivity index (χ1) is 5.66. The highest BCUT2D eigenvalue weighted by Gasteiger charge is 2.70. The van der Waals surface area contributed by atoms with Crippen molar-refractivity contribution in [2.75, 3.05) is 13.1 Å². The molecule has 1 nitrogen and oxygen atoms in total. The molecule has 0 radical (unpaired) electrons. The van der Waals surface area contributed by atoms with Gasteiger partial charge in [0.25, 0.3) is 5.92 Å². The van der Waals surface area contributed by atoms with Gasteiger partial charge in [-0.15, -0.1) is 0 Å². The Morgan fingerprint density at radius 2 is 1.83 bits per heavy atom. The van der Waals surface area contributed by atoms with Gasteiger partial charge in [-0.2, -0.15) is 0 Å².